The third kappa shape index (κ3) is 3.55. The normalized spacial score (nSPS) is 12.1. The molecule has 0 heterocycles. The Morgan fingerprint density at radius 1 is 1.43 bits per heavy atom. The van der Waals surface area contributed by atoms with Gasteiger partial charge in [-0.15, -0.1) is 0 Å². The molecule has 1 aromatic rings. The van der Waals surface area contributed by atoms with Gasteiger partial charge >= 0.3 is 5.97 Å². The van der Waals surface area contributed by atoms with Gasteiger partial charge in [0.25, 0.3) is 0 Å². The monoisotopic (exact) mass is 195 g/mol. The Balaban J connectivity index is 2.26. The van der Waals surface area contributed by atoms with Gasteiger partial charge in [0, 0.05) is 0 Å². The molecule has 1 aromatic carbocycles. The van der Waals surface area contributed by atoms with Crippen molar-refractivity contribution in [2.24, 2.45) is 5.73 Å². The second-order valence-electron chi connectivity index (χ2n) is 2.94. The Kier molecular flexibility index (Phi) is 4.10. The Bertz CT molecular complexity index is 285. The van der Waals surface area contributed by atoms with Crippen LogP contribution in [0.1, 0.15) is 12.5 Å². The molecule has 0 aliphatic heterocycles. The van der Waals surface area contributed by atoms with E-state index in [1.807, 2.05) is 30.3 Å². The summed E-state index contributed by atoms with van der Waals surface area (Å²) in [5.41, 5.74) is 6.20. The van der Waals surface area contributed by atoms with Gasteiger partial charge in [0.15, 0.2) is 0 Å². The Hall–Kier alpha value is -1.39. The van der Waals surface area contributed by atoms with Crippen LogP contribution in [0.15, 0.2) is 30.3 Å². The van der Waals surface area contributed by atoms with Crippen LogP contribution in [0.4, 0.5) is 0 Å². The molecule has 0 aliphatic rings. The number of benzene rings is 1. The van der Waals surface area contributed by atoms with E-state index in [9.17, 15) is 4.79 Å². The lowest BCUT2D eigenvalue weighted by Crippen LogP contribution is -2.28. The van der Waals surface area contributed by atoms with Crippen LogP contribution in [-0.2, 0) is 21.2 Å². The van der Waals surface area contributed by atoms with E-state index in [2.05, 4.69) is 4.89 Å². The molecule has 0 saturated heterocycles. The lowest BCUT2D eigenvalue weighted by atomic mass is 10.2. The van der Waals surface area contributed by atoms with E-state index in [-0.39, 0.29) is 6.61 Å². The zero-order chi connectivity index (χ0) is 10.4. The molecule has 14 heavy (non-hydrogen) atoms. The van der Waals surface area contributed by atoms with Crippen molar-refractivity contribution >= 4 is 5.97 Å². The molecule has 1 atom stereocenters. The topological polar surface area (TPSA) is 61.6 Å². The largest absolute Gasteiger partial charge is 0.358 e. The summed E-state index contributed by atoms with van der Waals surface area (Å²) in [4.78, 5) is 20.0. The van der Waals surface area contributed by atoms with Crippen molar-refractivity contribution in [3.05, 3.63) is 35.9 Å². The molecule has 0 amide bonds. The van der Waals surface area contributed by atoms with Gasteiger partial charge in [-0.05, 0) is 12.5 Å². The highest BCUT2D eigenvalue weighted by atomic mass is 17.2. The van der Waals surface area contributed by atoms with Crippen molar-refractivity contribution in [1.82, 2.24) is 0 Å². The van der Waals surface area contributed by atoms with E-state index in [4.69, 9.17) is 10.6 Å². The van der Waals surface area contributed by atoms with Crippen molar-refractivity contribution in [2.75, 3.05) is 0 Å². The van der Waals surface area contributed by atoms with Gasteiger partial charge in [-0.2, -0.15) is 4.89 Å². The zero-order valence-electron chi connectivity index (χ0n) is 7.97. The smallest absolute Gasteiger partial charge is 0.319 e. The summed E-state index contributed by atoms with van der Waals surface area (Å²) in [6, 6.07) is 8.75. The Morgan fingerprint density at radius 2 is 2.07 bits per heavy atom. The molecular weight excluding hydrogens is 182 g/mol. The molecule has 0 aliphatic carbocycles. The first-order valence-corrected chi connectivity index (χ1v) is 4.33. The minimum Gasteiger partial charge on any atom is -0.319 e. The maximum atomic E-state index is 10.9. The first kappa shape index (κ1) is 10.7. The van der Waals surface area contributed by atoms with Crippen LogP contribution in [0.2, 0.25) is 0 Å². The zero-order valence-corrected chi connectivity index (χ0v) is 7.97. The predicted octanol–water partition coefficient (Wildman–Crippen LogP) is 1.01. The maximum absolute atomic E-state index is 10.9. The number of hydrogen-bond acceptors (Lipinski definition) is 4. The lowest BCUT2D eigenvalue weighted by molar-refractivity contribution is -0.280. The highest BCUT2D eigenvalue weighted by Gasteiger charge is 2.09. The summed E-state index contributed by atoms with van der Waals surface area (Å²) in [6.45, 7) is 1.77. The second kappa shape index (κ2) is 5.36. The van der Waals surface area contributed by atoms with Gasteiger partial charge in [0.05, 0.1) is 0 Å². The van der Waals surface area contributed by atoms with E-state index >= 15 is 0 Å². The summed E-state index contributed by atoms with van der Waals surface area (Å²) in [7, 11) is 0. The first-order valence-electron chi connectivity index (χ1n) is 4.33. The Morgan fingerprint density at radius 3 is 2.64 bits per heavy atom. The standard InChI is InChI=1S/C10H13NO3/c1-8(11)10(12)14-13-7-9-5-3-2-4-6-9/h2-6,8H,7,11H2,1H3/t8-/m0/s1. The molecule has 0 saturated carbocycles. The number of carbonyl (C=O) groups excluding carboxylic acids is 1. The van der Waals surface area contributed by atoms with Crippen LogP contribution in [0.3, 0.4) is 0 Å². The van der Waals surface area contributed by atoms with Gasteiger partial charge in [0.2, 0.25) is 0 Å². The maximum Gasteiger partial charge on any atom is 0.358 e. The van der Waals surface area contributed by atoms with Crippen molar-refractivity contribution in [2.45, 2.75) is 19.6 Å². The first-order chi connectivity index (χ1) is 6.70. The Labute approximate surface area is 82.5 Å². The van der Waals surface area contributed by atoms with Crippen LogP contribution in [0.5, 0.6) is 0 Å². The van der Waals surface area contributed by atoms with E-state index in [0.29, 0.717) is 0 Å². The summed E-state index contributed by atoms with van der Waals surface area (Å²) in [6.07, 6.45) is 0. The molecule has 0 radical (unpaired) electrons. The second-order valence-corrected chi connectivity index (χ2v) is 2.94. The van der Waals surface area contributed by atoms with E-state index < -0.39 is 12.0 Å². The molecule has 0 aromatic heterocycles. The van der Waals surface area contributed by atoms with Gasteiger partial charge in [0.1, 0.15) is 12.6 Å². The molecule has 0 fully saturated rings. The van der Waals surface area contributed by atoms with Crippen LogP contribution in [0.25, 0.3) is 0 Å². The number of carbonyl (C=O) groups is 1. The minimum atomic E-state index is -0.661. The average molecular weight is 195 g/mol. The lowest BCUT2D eigenvalue weighted by Gasteiger charge is -2.05. The van der Waals surface area contributed by atoms with E-state index in [0.717, 1.165) is 5.56 Å². The fourth-order valence-electron chi connectivity index (χ4n) is 0.806. The molecule has 0 bridgehead atoms. The SMILES string of the molecule is C[C@H](N)C(=O)OOCc1ccccc1. The van der Waals surface area contributed by atoms with Gasteiger partial charge in [-0.25, -0.2) is 4.79 Å². The third-order valence-electron chi connectivity index (χ3n) is 1.58. The molecule has 4 nitrogen and oxygen atoms in total. The summed E-state index contributed by atoms with van der Waals surface area (Å²) in [5, 5.41) is 0. The van der Waals surface area contributed by atoms with Gasteiger partial charge in [-0.3, -0.25) is 4.89 Å². The van der Waals surface area contributed by atoms with Crippen LogP contribution >= 0.6 is 0 Å². The quantitative estimate of drug-likeness (QED) is 0.575. The highest BCUT2D eigenvalue weighted by molar-refractivity contribution is 5.74. The van der Waals surface area contributed by atoms with Gasteiger partial charge in [-0.1, -0.05) is 30.3 Å². The summed E-state index contributed by atoms with van der Waals surface area (Å²) < 4.78 is 0. The fourth-order valence-corrected chi connectivity index (χ4v) is 0.806. The number of rotatable bonds is 4. The third-order valence-corrected chi connectivity index (χ3v) is 1.58. The highest BCUT2D eigenvalue weighted by Crippen LogP contribution is 2.00. The fraction of sp³-hybridized carbons (Fsp3) is 0.300. The molecule has 0 spiro atoms. The average Bonchev–Trinajstić information content (AvgIpc) is 2.19. The molecule has 1 rings (SSSR count). The van der Waals surface area contributed by atoms with E-state index in [1.165, 1.54) is 6.92 Å². The molecular formula is C10H13NO3. The van der Waals surface area contributed by atoms with Crippen molar-refractivity contribution < 1.29 is 14.6 Å². The minimum absolute atomic E-state index is 0.235. The van der Waals surface area contributed by atoms with Crippen molar-refractivity contribution in [3.8, 4) is 0 Å². The van der Waals surface area contributed by atoms with Crippen LogP contribution in [-0.4, -0.2) is 12.0 Å². The molecule has 4 heteroatoms. The predicted molar refractivity (Wildman–Crippen MR) is 51.0 cm³/mol. The summed E-state index contributed by atoms with van der Waals surface area (Å²) >= 11 is 0. The number of hydrogen-bond donors (Lipinski definition) is 1. The van der Waals surface area contributed by atoms with Crippen LogP contribution in [0, 0.1) is 0 Å². The molecule has 76 valence electrons. The van der Waals surface area contributed by atoms with Crippen LogP contribution < -0.4 is 5.73 Å². The van der Waals surface area contributed by atoms with E-state index in [1.54, 1.807) is 0 Å². The number of nitrogens with two attached hydrogens (primary N) is 1. The summed E-state index contributed by atoms with van der Waals surface area (Å²) in [5.74, 6) is -0.569. The molecule has 0 unspecified atom stereocenters. The van der Waals surface area contributed by atoms with Crippen molar-refractivity contribution in [1.29, 1.82) is 0 Å². The van der Waals surface area contributed by atoms with Gasteiger partial charge < -0.3 is 5.73 Å². The molecule has 2 N–H and O–H groups in total. The van der Waals surface area contributed by atoms with Crippen molar-refractivity contribution in [3.63, 3.8) is 0 Å².